The van der Waals surface area contributed by atoms with Gasteiger partial charge in [0.15, 0.2) is 0 Å². The molecule has 0 spiro atoms. The molecule has 1 amide bonds. The van der Waals surface area contributed by atoms with Gasteiger partial charge in [0.1, 0.15) is 17.8 Å². The molecule has 5 rings (SSSR count). The monoisotopic (exact) mass is 384 g/mol. The summed E-state index contributed by atoms with van der Waals surface area (Å²) in [4.78, 5) is 30.1. The van der Waals surface area contributed by atoms with E-state index >= 15 is 0 Å². The molecule has 2 aromatic rings. The second kappa shape index (κ2) is 6.83. The van der Waals surface area contributed by atoms with E-state index < -0.39 is 0 Å². The fourth-order valence-electron chi connectivity index (χ4n) is 4.47. The van der Waals surface area contributed by atoms with Crippen molar-refractivity contribution in [3.8, 4) is 0 Å². The number of likely N-dealkylation sites (tertiary alicyclic amines) is 1. The van der Waals surface area contributed by atoms with Crippen LogP contribution in [0.1, 0.15) is 18.4 Å². The highest BCUT2D eigenvalue weighted by molar-refractivity contribution is 8.04. The van der Waals surface area contributed by atoms with Gasteiger partial charge in [-0.25, -0.2) is 9.97 Å². The Labute approximate surface area is 162 Å². The summed E-state index contributed by atoms with van der Waals surface area (Å²) in [5, 5.41) is 4.58. The number of nitrogens with one attached hydrogen (secondary N) is 2. The zero-order chi connectivity index (χ0) is 18.4. The first kappa shape index (κ1) is 17.1. The van der Waals surface area contributed by atoms with Crippen LogP contribution in [0.2, 0.25) is 0 Å². The maximum absolute atomic E-state index is 13.1. The molecule has 0 unspecified atom stereocenters. The summed E-state index contributed by atoms with van der Waals surface area (Å²) in [6.07, 6.45) is 7.88. The highest BCUT2D eigenvalue weighted by Crippen LogP contribution is 2.33. The number of aromatic nitrogens is 3. The maximum atomic E-state index is 13.1. The fraction of sp³-hybridized carbons (Fsp3) is 0.526. The number of aryl methyl sites for hydroxylation is 1. The van der Waals surface area contributed by atoms with Crippen molar-refractivity contribution in [3.63, 3.8) is 0 Å². The lowest BCUT2D eigenvalue weighted by molar-refractivity contribution is -0.128. The van der Waals surface area contributed by atoms with Crippen molar-refractivity contribution >= 4 is 34.5 Å². The summed E-state index contributed by atoms with van der Waals surface area (Å²) < 4.78 is 0. The third-order valence-electron chi connectivity index (χ3n) is 5.96. The number of carbonyl (C=O) groups is 1. The smallest absolute Gasteiger partial charge is 0.261 e. The maximum Gasteiger partial charge on any atom is 0.261 e. The predicted molar refractivity (Wildman–Crippen MR) is 108 cm³/mol. The Hall–Kier alpha value is -2.06. The van der Waals surface area contributed by atoms with Crippen molar-refractivity contribution in [2.45, 2.75) is 25.8 Å². The Kier molecular flexibility index (Phi) is 4.32. The van der Waals surface area contributed by atoms with Crippen LogP contribution < -0.4 is 10.2 Å². The van der Waals surface area contributed by atoms with E-state index in [-0.39, 0.29) is 5.91 Å². The van der Waals surface area contributed by atoms with Gasteiger partial charge >= 0.3 is 0 Å². The van der Waals surface area contributed by atoms with Crippen LogP contribution in [0.3, 0.4) is 0 Å². The summed E-state index contributed by atoms with van der Waals surface area (Å²) in [6, 6.07) is 0.469. The SMILES string of the molecule is Cc1c[nH]c2ncnc(N3C=C(C(=O)N4CC[C@@H]5CCN[C@@H]5C4)SCC3)c12. The number of piperidine rings is 1. The van der Waals surface area contributed by atoms with Gasteiger partial charge in [0.25, 0.3) is 5.91 Å². The van der Waals surface area contributed by atoms with Gasteiger partial charge in [0.05, 0.1) is 10.3 Å². The first-order chi connectivity index (χ1) is 13.2. The summed E-state index contributed by atoms with van der Waals surface area (Å²) in [5.74, 6) is 2.66. The quantitative estimate of drug-likeness (QED) is 0.823. The average molecular weight is 385 g/mol. The van der Waals surface area contributed by atoms with Crippen LogP contribution >= 0.6 is 11.8 Å². The predicted octanol–water partition coefficient (Wildman–Crippen LogP) is 1.87. The first-order valence-corrected chi connectivity index (χ1v) is 10.6. The first-order valence-electron chi connectivity index (χ1n) is 9.63. The fourth-order valence-corrected chi connectivity index (χ4v) is 5.43. The Morgan fingerprint density at radius 1 is 1.30 bits per heavy atom. The number of amides is 1. The molecule has 0 bridgehead atoms. The normalized spacial score (nSPS) is 25.6. The molecule has 0 aromatic carbocycles. The minimum Gasteiger partial charge on any atom is -0.346 e. The van der Waals surface area contributed by atoms with Crippen molar-refractivity contribution < 1.29 is 4.79 Å². The molecule has 2 fully saturated rings. The molecule has 2 atom stereocenters. The number of H-pyrrole nitrogens is 1. The Bertz CT molecular complexity index is 909. The second-order valence-electron chi connectivity index (χ2n) is 7.58. The third-order valence-corrected chi connectivity index (χ3v) is 6.94. The topological polar surface area (TPSA) is 77.2 Å². The lowest BCUT2D eigenvalue weighted by Crippen LogP contribution is -2.49. The Morgan fingerprint density at radius 2 is 2.22 bits per heavy atom. The van der Waals surface area contributed by atoms with E-state index in [0.717, 1.165) is 71.6 Å². The van der Waals surface area contributed by atoms with Crippen LogP contribution in [-0.4, -0.2) is 63.7 Å². The van der Waals surface area contributed by atoms with E-state index in [1.54, 1.807) is 18.1 Å². The number of hydrogen-bond donors (Lipinski definition) is 2. The molecule has 2 saturated heterocycles. The molecular formula is C19H24N6OS. The van der Waals surface area contributed by atoms with E-state index in [1.807, 2.05) is 17.3 Å². The number of carbonyl (C=O) groups excluding carboxylic acids is 1. The van der Waals surface area contributed by atoms with Crippen LogP contribution in [0.15, 0.2) is 23.6 Å². The lowest BCUT2D eigenvalue weighted by atomic mass is 9.92. The lowest BCUT2D eigenvalue weighted by Gasteiger charge is -2.36. The molecule has 3 aliphatic rings. The third kappa shape index (κ3) is 3.00. The van der Waals surface area contributed by atoms with Crippen molar-refractivity contribution in [1.82, 2.24) is 25.2 Å². The van der Waals surface area contributed by atoms with Gasteiger partial charge in [0, 0.05) is 43.8 Å². The number of aromatic amines is 1. The van der Waals surface area contributed by atoms with Crippen LogP contribution in [-0.2, 0) is 4.79 Å². The minimum atomic E-state index is 0.160. The zero-order valence-electron chi connectivity index (χ0n) is 15.4. The molecule has 5 heterocycles. The van der Waals surface area contributed by atoms with Gasteiger partial charge < -0.3 is 20.1 Å². The molecule has 27 heavy (non-hydrogen) atoms. The van der Waals surface area contributed by atoms with Crippen LogP contribution in [0, 0.1) is 12.8 Å². The summed E-state index contributed by atoms with van der Waals surface area (Å²) >= 11 is 1.66. The molecular weight excluding hydrogens is 360 g/mol. The largest absolute Gasteiger partial charge is 0.346 e. The number of thioether (sulfide) groups is 1. The van der Waals surface area contributed by atoms with Gasteiger partial charge in [-0.15, -0.1) is 11.8 Å². The van der Waals surface area contributed by atoms with Crippen LogP contribution in [0.4, 0.5) is 5.82 Å². The molecule has 142 valence electrons. The minimum absolute atomic E-state index is 0.160. The van der Waals surface area contributed by atoms with E-state index in [1.165, 1.54) is 6.42 Å². The number of nitrogens with zero attached hydrogens (tertiary/aromatic N) is 4. The molecule has 2 N–H and O–H groups in total. The molecule has 2 aromatic heterocycles. The Balaban J connectivity index is 1.41. The standard InChI is InChI=1S/C19H24N6OS/c1-12-8-21-17-16(12)18(23-11-22-17)24-6-7-27-15(10-24)19(26)25-5-3-13-2-4-20-14(13)9-25/h8,10-11,13-14,20H,2-7,9H2,1H3,(H,21,22,23)/t13-,14+/m0/s1. The zero-order valence-corrected chi connectivity index (χ0v) is 16.3. The van der Waals surface area contributed by atoms with Gasteiger partial charge in [0.2, 0.25) is 0 Å². The average Bonchev–Trinajstić information content (AvgIpc) is 3.33. The molecule has 7 nitrogen and oxygen atoms in total. The van der Waals surface area contributed by atoms with E-state index in [4.69, 9.17) is 0 Å². The summed E-state index contributed by atoms with van der Waals surface area (Å²) in [7, 11) is 0. The van der Waals surface area contributed by atoms with Gasteiger partial charge in [-0.2, -0.15) is 0 Å². The Morgan fingerprint density at radius 3 is 3.15 bits per heavy atom. The molecule has 3 aliphatic heterocycles. The van der Waals surface area contributed by atoms with Crippen LogP contribution in [0.25, 0.3) is 11.0 Å². The molecule has 0 aliphatic carbocycles. The van der Waals surface area contributed by atoms with Gasteiger partial charge in [-0.1, -0.05) is 0 Å². The van der Waals surface area contributed by atoms with E-state index in [9.17, 15) is 4.79 Å². The van der Waals surface area contributed by atoms with Crippen molar-refractivity contribution in [3.05, 3.63) is 29.2 Å². The molecule has 8 heteroatoms. The highest BCUT2D eigenvalue weighted by Gasteiger charge is 2.35. The van der Waals surface area contributed by atoms with Crippen molar-refractivity contribution in [2.24, 2.45) is 5.92 Å². The number of fused-ring (bicyclic) bond motifs is 2. The van der Waals surface area contributed by atoms with E-state index in [2.05, 4.69) is 32.1 Å². The summed E-state index contributed by atoms with van der Waals surface area (Å²) in [6.45, 7) is 5.68. The van der Waals surface area contributed by atoms with Gasteiger partial charge in [-0.05, 0) is 37.8 Å². The van der Waals surface area contributed by atoms with E-state index in [0.29, 0.717) is 6.04 Å². The van der Waals surface area contributed by atoms with Gasteiger partial charge in [-0.3, -0.25) is 4.79 Å². The second-order valence-corrected chi connectivity index (χ2v) is 8.71. The van der Waals surface area contributed by atoms with Crippen molar-refractivity contribution in [1.29, 1.82) is 0 Å². The molecule has 0 saturated carbocycles. The van der Waals surface area contributed by atoms with Crippen molar-refractivity contribution in [2.75, 3.05) is 36.8 Å². The number of hydrogen-bond acceptors (Lipinski definition) is 6. The highest BCUT2D eigenvalue weighted by atomic mass is 32.2. The van der Waals surface area contributed by atoms with Crippen LogP contribution in [0.5, 0.6) is 0 Å². The molecule has 0 radical (unpaired) electrons. The number of rotatable bonds is 2. The number of anilines is 1. The summed E-state index contributed by atoms with van der Waals surface area (Å²) in [5.41, 5.74) is 1.96.